The van der Waals surface area contributed by atoms with Gasteiger partial charge in [0.2, 0.25) is 5.91 Å². The normalized spacial score (nSPS) is 17.8. The van der Waals surface area contributed by atoms with Crippen LogP contribution in [0.15, 0.2) is 54.6 Å². The highest BCUT2D eigenvalue weighted by Gasteiger charge is 2.36. The maximum absolute atomic E-state index is 13.6. The summed E-state index contributed by atoms with van der Waals surface area (Å²) in [7, 11) is 0. The molecule has 3 aromatic rings. The molecule has 1 saturated heterocycles. The molecule has 1 fully saturated rings. The minimum atomic E-state index is -0.689. The lowest BCUT2D eigenvalue weighted by atomic mass is 10.1. The lowest BCUT2D eigenvalue weighted by Crippen LogP contribution is -2.53. The molecule has 2 aromatic carbocycles. The van der Waals surface area contributed by atoms with Crippen LogP contribution in [-0.2, 0) is 16.0 Å². The molecule has 1 atom stereocenters. The Balaban J connectivity index is 1.41. The molecule has 2 aliphatic heterocycles. The number of aromatic nitrogens is 2. The molecule has 7 heteroatoms. The Hall–Kier alpha value is -3.61. The topological polar surface area (TPSA) is 67.7 Å². The smallest absolute Gasteiger partial charge is 0.265 e. The zero-order chi connectivity index (χ0) is 23.7. The molecule has 0 saturated carbocycles. The fourth-order valence-electron chi connectivity index (χ4n) is 4.92. The van der Waals surface area contributed by atoms with Crippen molar-refractivity contribution < 1.29 is 14.3 Å². The number of ether oxygens (including phenoxy) is 1. The van der Waals surface area contributed by atoms with Crippen LogP contribution in [0.2, 0.25) is 0 Å². The van der Waals surface area contributed by atoms with Gasteiger partial charge in [0.05, 0.1) is 30.0 Å². The Labute approximate surface area is 199 Å². The number of amides is 2. The van der Waals surface area contributed by atoms with Gasteiger partial charge < -0.3 is 14.5 Å². The molecule has 2 aliphatic rings. The van der Waals surface area contributed by atoms with Crippen LogP contribution in [0.1, 0.15) is 36.2 Å². The van der Waals surface area contributed by atoms with E-state index in [4.69, 9.17) is 4.74 Å². The Morgan fingerprint density at radius 3 is 2.44 bits per heavy atom. The van der Waals surface area contributed by atoms with E-state index in [9.17, 15) is 9.59 Å². The van der Waals surface area contributed by atoms with Crippen LogP contribution in [0.25, 0.3) is 5.69 Å². The Kier molecular flexibility index (Phi) is 6.09. The summed E-state index contributed by atoms with van der Waals surface area (Å²) >= 11 is 0. The second-order valence-corrected chi connectivity index (χ2v) is 9.04. The summed E-state index contributed by atoms with van der Waals surface area (Å²) in [5.74, 6) is 0.480. The highest BCUT2D eigenvalue weighted by Crippen LogP contribution is 2.34. The maximum atomic E-state index is 13.6. The average Bonchev–Trinajstić information content (AvgIpc) is 3.17. The number of benzene rings is 2. The highest BCUT2D eigenvalue weighted by atomic mass is 16.5. The number of piperidine rings is 1. The minimum Gasteiger partial charge on any atom is -0.476 e. The van der Waals surface area contributed by atoms with Crippen molar-refractivity contribution in [2.75, 3.05) is 24.5 Å². The van der Waals surface area contributed by atoms with Gasteiger partial charge in [0.25, 0.3) is 5.91 Å². The number of hydrogen-bond acceptors (Lipinski definition) is 4. The van der Waals surface area contributed by atoms with Crippen molar-refractivity contribution in [2.45, 2.75) is 45.6 Å². The number of carbonyl (C=O) groups excluding carboxylic acids is 2. The number of rotatable bonds is 4. The van der Waals surface area contributed by atoms with E-state index in [1.54, 1.807) is 4.90 Å². The zero-order valence-electron chi connectivity index (χ0n) is 19.7. The monoisotopic (exact) mass is 458 g/mol. The van der Waals surface area contributed by atoms with E-state index in [-0.39, 0.29) is 24.8 Å². The molecule has 0 aliphatic carbocycles. The number of nitrogens with zero attached hydrogens (tertiary/aromatic N) is 4. The molecule has 0 radical (unpaired) electrons. The second kappa shape index (κ2) is 9.33. The largest absolute Gasteiger partial charge is 0.476 e. The molecule has 1 aromatic heterocycles. The SMILES string of the molecule is Cc1nn(-c2ccccc2)c(C)c1CC(=O)N1C[C@@H](C(=O)N2CCCCC2)Oc2ccccc21. The minimum absolute atomic E-state index is 0.0312. The summed E-state index contributed by atoms with van der Waals surface area (Å²) in [5, 5.41) is 4.69. The summed E-state index contributed by atoms with van der Waals surface area (Å²) in [5.41, 5.74) is 4.36. The lowest BCUT2D eigenvalue weighted by molar-refractivity contribution is -0.139. The number of fused-ring (bicyclic) bond motifs is 1. The molecule has 2 amide bonds. The van der Waals surface area contributed by atoms with Crippen LogP contribution in [-0.4, -0.2) is 52.2 Å². The van der Waals surface area contributed by atoms with E-state index < -0.39 is 6.10 Å². The number of carbonyl (C=O) groups is 2. The van der Waals surface area contributed by atoms with Crippen LogP contribution in [0.5, 0.6) is 5.75 Å². The molecule has 0 spiro atoms. The van der Waals surface area contributed by atoms with E-state index in [0.717, 1.165) is 55.0 Å². The molecule has 5 rings (SSSR count). The predicted octanol–water partition coefficient (Wildman–Crippen LogP) is 3.84. The molecule has 34 heavy (non-hydrogen) atoms. The summed E-state index contributed by atoms with van der Waals surface area (Å²) in [6.07, 6.45) is 2.71. The van der Waals surface area contributed by atoms with Crippen molar-refractivity contribution in [3.8, 4) is 11.4 Å². The van der Waals surface area contributed by atoms with Gasteiger partial charge in [-0.2, -0.15) is 5.10 Å². The third kappa shape index (κ3) is 4.18. The first-order valence-corrected chi connectivity index (χ1v) is 12.0. The number of likely N-dealkylation sites (tertiary alicyclic amines) is 1. The van der Waals surface area contributed by atoms with Crippen molar-refractivity contribution in [1.29, 1.82) is 0 Å². The van der Waals surface area contributed by atoms with Crippen molar-refractivity contribution in [1.82, 2.24) is 14.7 Å². The first-order chi connectivity index (χ1) is 16.5. The van der Waals surface area contributed by atoms with Crippen LogP contribution < -0.4 is 9.64 Å². The molecule has 7 nitrogen and oxygen atoms in total. The summed E-state index contributed by atoms with van der Waals surface area (Å²) in [4.78, 5) is 30.4. The van der Waals surface area contributed by atoms with Crippen molar-refractivity contribution >= 4 is 17.5 Å². The fraction of sp³-hybridized carbons (Fsp3) is 0.370. The molecule has 176 valence electrons. The van der Waals surface area contributed by atoms with Gasteiger partial charge in [-0.3, -0.25) is 9.59 Å². The third-order valence-electron chi connectivity index (χ3n) is 6.79. The summed E-state index contributed by atoms with van der Waals surface area (Å²) < 4.78 is 7.97. The molecule has 0 unspecified atom stereocenters. The van der Waals surface area contributed by atoms with E-state index in [1.165, 1.54) is 0 Å². The Morgan fingerprint density at radius 2 is 1.68 bits per heavy atom. The van der Waals surface area contributed by atoms with E-state index in [0.29, 0.717) is 11.4 Å². The fourth-order valence-corrected chi connectivity index (χ4v) is 4.92. The van der Waals surface area contributed by atoms with Crippen LogP contribution in [0.4, 0.5) is 5.69 Å². The van der Waals surface area contributed by atoms with Crippen LogP contribution >= 0.6 is 0 Å². The molecule has 3 heterocycles. The third-order valence-corrected chi connectivity index (χ3v) is 6.79. The van der Waals surface area contributed by atoms with Crippen molar-refractivity contribution in [3.63, 3.8) is 0 Å². The highest BCUT2D eigenvalue weighted by molar-refractivity contribution is 5.98. The van der Waals surface area contributed by atoms with Gasteiger partial charge in [-0.25, -0.2) is 4.68 Å². The van der Waals surface area contributed by atoms with Gasteiger partial charge in [0.1, 0.15) is 5.75 Å². The molecular formula is C27H30N4O3. The maximum Gasteiger partial charge on any atom is 0.265 e. The first-order valence-electron chi connectivity index (χ1n) is 12.0. The van der Waals surface area contributed by atoms with Crippen LogP contribution in [0.3, 0.4) is 0 Å². The van der Waals surface area contributed by atoms with E-state index >= 15 is 0 Å². The quantitative estimate of drug-likeness (QED) is 0.596. The standard InChI is InChI=1S/C27H30N4O3/c1-19-22(20(2)31(28-19)21-11-5-3-6-12-21)17-26(32)30-18-25(27(33)29-15-9-4-10-16-29)34-24-14-8-7-13-23(24)30/h3,5-8,11-14,25H,4,9-10,15-18H2,1-2H3/t25-/m0/s1. The summed E-state index contributed by atoms with van der Waals surface area (Å²) in [6.45, 7) is 5.66. The lowest BCUT2D eigenvalue weighted by Gasteiger charge is -2.37. The number of aryl methyl sites for hydroxylation is 1. The van der Waals surface area contributed by atoms with E-state index in [2.05, 4.69) is 5.10 Å². The zero-order valence-corrected chi connectivity index (χ0v) is 19.7. The van der Waals surface area contributed by atoms with Gasteiger partial charge in [-0.05, 0) is 57.4 Å². The van der Waals surface area contributed by atoms with Crippen LogP contribution in [0, 0.1) is 13.8 Å². The molecule has 0 bridgehead atoms. The van der Waals surface area contributed by atoms with Crippen molar-refractivity contribution in [3.05, 3.63) is 71.5 Å². The number of hydrogen-bond donors (Lipinski definition) is 0. The number of para-hydroxylation sites is 3. The van der Waals surface area contributed by atoms with Gasteiger partial charge in [0.15, 0.2) is 6.10 Å². The average molecular weight is 459 g/mol. The van der Waals surface area contributed by atoms with Gasteiger partial charge >= 0.3 is 0 Å². The van der Waals surface area contributed by atoms with Gasteiger partial charge in [-0.15, -0.1) is 0 Å². The molecule has 0 N–H and O–H groups in total. The van der Waals surface area contributed by atoms with Gasteiger partial charge in [0, 0.05) is 24.3 Å². The molecular weight excluding hydrogens is 428 g/mol. The van der Waals surface area contributed by atoms with Gasteiger partial charge in [-0.1, -0.05) is 30.3 Å². The number of anilines is 1. The second-order valence-electron chi connectivity index (χ2n) is 9.04. The predicted molar refractivity (Wildman–Crippen MR) is 130 cm³/mol. The first kappa shape index (κ1) is 22.2. The van der Waals surface area contributed by atoms with Crippen molar-refractivity contribution in [2.24, 2.45) is 0 Å². The Morgan fingerprint density at radius 1 is 0.971 bits per heavy atom. The van der Waals surface area contributed by atoms with E-state index in [1.807, 2.05) is 78.0 Å². The summed E-state index contributed by atoms with van der Waals surface area (Å²) in [6, 6.07) is 17.4. The Bertz CT molecular complexity index is 1200.